The SMILES string of the molecule is CC(C)(C)c1ccc(N2B3c4cc5sc6ccccc6c5cc4-n4c5cc6oc7ccccc7c6cc5c5ccc(c3c54)-c3cc4c(cc32)C(C)(C)c2cc3c(cc2-4)C(C)(C)CCC3(C)C)cc1. The zero-order valence-corrected chi connectivity index (χ0v) is 41.2. The topological polar surface area (TPSA) is 21.3 Å². The minimum Gasteiger partial charge on any atom is -0.456 e. The molecule has 0 bridgehead atoms. The summed E-state index contributed by atoms with van der Waals surface area (Å²) in [5.74, 6) is 0. The Labute approximate surface area is 402 Å². The van der Waals surface area contributed by atoms with Crippen molar-refractivity contribution in [2.24, 2.45) is 0 Å². The van der Waals surface area contributed by atoms with Gasteiger partial charge < -0.3 is 13.8 Å². The molecule has 11 aromatic rings. The molecule has 5 heteroatoms. The van der Waals surface area contributed by atoms with E-state index in [1.54, 1.807) is 0 Å². The number of para-hydroxylation sites is 1. The standard InChI is InChI=1S/C63H53BN2OS/c1-60(2,3)34-18-20-35(21-19-34)66-52-31-47-40(41-28-48-49(30-46(41)63(47,8)9)62(6,7)25-24-61(48,4)5)26-42(52)38-22-23-39-43-27-44-36-14-10-12-16-54(36)67-55(44)33-51(43)65-53-29-45-37-15-11-13-17-56(37)68-57(45)32-50(53)64(66)58(38)59(39)65/h10-23,26-33H,24-25H2,1-9H3. The molecule has 330 valence electrons. The number of nitrogens with zero attached hydrogens (tertiary/aromatic N) is 2. The Kier molecular flexibility index (Phi) is 7.28. The molecule has 0 N–H and O–H groups in total. The van der Waals surface area contributed by atoms with Crippen LogP contribution >= 0.6 is 11.3 Å². The number of anilines is 2. The molecule has 0 fully saturated rings. The summed E-state index contributed by atoms with van der Waals surface area (Å²) in [6, 6.07) is 52.2. The lowest BCUT2D eigenvalue weighted by Gasteiger charge is -2.42. The van der Waals surface area contributed by atoms with Crippen molar-refractivity contribution < 1.29 is 4.42 Å². The molecule has 2 aliphatic heterocycles. The Bertz CT molecular complexity index is 4110. The van der Waals surface area contributed by atoms with E-state index in [9.17, 15) is 0 Å². The molecule has 5 heterocycles. The minimum atomic E-state index is -0.181. The fourth-order valence-corrected chi connectivity index (χ4v) is 14.6. The fourth-order valence-electron chi connectivity index (χ4n) is 13.5. The first-order valence-electron chi connectivity index (χ1n) is 24.7. The monoisotopic (exact) mass is 896 g/mol. The first kappa shape index (κ1) is 39.4. The second-order valence-corrected chi connectivity index (χ2v) is 24.6. The highest BCUT2D eigenvalue weighted by Crippen LogP contribution is 2.58. The van der Waals surface area contributed by atoms with E-state index in [-0.39, 0.29) is 28.5 Å². The predicted octanol–water partition coefficient (Wildman–Crippen LogP) is 16.2. The van der Waals surface area contributed by atoms with Crippen LogP contribution in [0.2, 0.25) is 0 Å². The van der Waals surface area contributed by atoms with E-state index < -0.39 is 0 Å². The third kappa shape index (κ3) is 4.91. The van der Waals surface area contributed by atoms with Crippen LogP contribution < -0.4 is 15.7 Å². The van der Waals surface area contributed by atoms with E-state index >= 15 is 0 Å². The Balaban J connectivity index is 1.08. The highest BCUT2D eigenvalue weighted by molar-refractivity contribution is 7.26. The Hall–Kier alpha value is -6.56. The number of thiophene rings is 1. The van der Waals surface area contributed by atoms with Crippen molar-refractivity contribution in [3.05, 3.63) is 161 Å². The quantitative estimate of drug-likeness (QED) is 0.153. The van der Waals surface area contributed by atoms with Gasteiger partial charge in [0.15, 0.2) is 0 Å². The van der Waals surface area contributed by atoms with Crippen LogP contribution in [0.5, 0.6) is 0 Å². The molecule has 0 spiro atoms. The maximum absolute atomic E-state index is 6.67. The lowest BCUT2D eigenvalue weighted by molar-refractivity contribution is 0.331. The Morgan fingerprint density at radius 1 is 0.529 bits per heavy atom. The molecule has 8 aromatic carbocycles. The van der Waals surface area contributed by atoms with Crippen LogP contribution in [0.15, 0.2) is 138 Å². The molecule has 2 aliphatic carbocycles. The molecule has 0 saturated heterocycles. The van der Waals surface area contributed by atoms with Gasteiger partial charge in [0.2, 0.25) is 0 Å². The second kappa shape index (κ2) is 12.6. The zero-order valence-electron chi connectivity index (χ0n) is 40.4. The number of hydrogen-bond donors (Lipinski definition) is 0. The van der Waals surface area contributed by atoms with Gasteiger partial charge in [-0.1, -0.05) is 129 Å². The van der Waals surface area contributed by atoms with Gasteiger partial charge in [-0.2, -0.15) is 0 Å². The van der Waals surface area contributed by atoms with Crippen molar-refractivity contribution in [2.75, 3.05) is 4.81 Å². The average molecular weight is 897 g/mol. The number of furan rings is 1. The summed E-state index contributed by atoms with van der Waals surface area (Å²) in [6.45, 7) is 21.7. The summed E-state index contributed by atoms with van der Waals surface area (Å²) in [5, 5.41) is 7.50. The number of aromatic nitrogens is 1. The number of rotatable bonds is 1. The summed E-state index contributed by atoms with van der Waals surface area (Å²) >= 11 is 1.92. The van der Waals surface area contributed by atoms with Crippen molar-refractivity contribution >= 4 is 104 Å². The second-order valence-electron chi connectivity index (χ2n) is 23.5. The van der Waals surface area contributed by atoms with Crippen LogP contribution in [-0.4, -0.2) is 11.4 Å². The summed E-state index contributed by atoms with van der Waals surface area (Å²) < 4.78 is 11.9. The molecule has 0 atom stereocenters. The maximum Gasteiger partial charge on any atom is 0.333 e. The molecule has 0 radical (unpaired) electrons. The number of fused-ring (bicyclic) bond motifs is 18. The first-order valence-corrected chi connectivity index (χ1v) is 25.5. The van der Waals surface area contributed by atoms with Gasteiger partial charge in [-0.3, -0.25) is 0 Å². The van der Waals surface area contributed by atoms with Crippen LogP contribution in [-0.2, 0) is 21.7 Å². The summed E-state index contributed by atoms with van der Waals surface area (Å²) in [7, 11) is 0. The van der Waals surface area contributed by atoms with Gasteiger partial charge in [0.25, 0.3) is 0 Å². The van der Waals surface area contributed by atoms with Crippen molar-refractivity contribution in [1.29, 1.82) is 0 Å². The first-order chi connectivity index (χ1) is 32.6. The van der Waals surface area contributed by atoms with Crippen LogP contribution in [0.4, 0.5) is 11.4 Å². The zero-order chi connectivity index (χ0) is 46.1. The molecule has 0 unspecified atom stereocenters. The van der Waals surface area contributed by atoms with Crippen LogP contribution in [0.1, 0.15) is 103 Å². The van der Waals surface area contributed by atoms with Crippen LogP contribution in [0.3, 0.4) is 0 Å². The van der Waals surface area contributed by atoms with Crippen molar-refractivity contribution in [3.63, 3.8) is 0 Å². The molecular formula is C63H53BN2OS. The molecule has 68 heavy (non-hydrogen) atoms. The van der Waals surface area contributed by atoms with Gasteiger partial charge in [-0.05, 0) is 145 Å². The normalized spacial score (nSPS) is 17.1. The van der Waals surface area contributed by atoms with E-state index in [0.29, 0.717) is 0 Å². The molecule has 0 amide bonds. The Morgan fingerprint density at radius 2 is 1.24 bits per heavy atom. The van der Waals surface area contributed by atoms with Gasteiger partial charge in [0.05, 0.1) is 11.0 Å². The highest BCUT2D eigenvalue weighted by Gasteiger charge is 2.48. The molecule has 4 aliphatic rings. The van der Waals surface area contributed by atoms with Crippen molar-refractivity contribution in [2.45, 2.75) is 96.8 Å². The van der Waals surface area contributed by atoms with Gasteiger partial charge in [-0.25, -0.2) is 0 Å². The maximum atomic E-state index is 6.67. The van der Waals surface area contributed by atoms with Gasteiger partial charge in [0.1, 0.15) is 11.2 Å². The largest absolute Gasteiger partial charge is 0.456 e. The smallest absolute Gasteiger partial charge is 0.333 e. The fraction of sp³-hybridized carbons (Fsp3) is 0.238. The van der Waals surface area contributed by atoms with E-state index in [1.165, 1.54) is 133 Å². The average Bonchev–Trinajstić information content (AvgIpc) is 4.03. The summed E-state index contributed by atoms with van der Waals surface area (Å²) in [5.41, 5.74) is 23.6. The van der Waals surface area contributed by atoms with E-state index in [0.717, 1.165) is 21.9 Å². The van der Waals surface area contributed by atoms with Gasteiger partial charge in [0, 0.05) is 75.8 Å². The molecule has 0 saturated carbocycles. The number of hydrogen-bond acceptors (Lipinski definition) is 3. The third-order valence-electron chi connectivity index (χ3n) is 17.4. The van der Waals surface area contributed by atoms with Gasteiger partial charge in [-0.15, -0.1) is 11.3 Å². The molecule has 3 aromatic heterocycles. The summed E-state index contributed by atoms with van der Waals surface area (Å²) in [6.07, 6.45) is 2.41. The van der Waals surface area contributed by atoms with Crippen molar-refractivity contribution in [3.8, 4) is 27.9 Å². The van der Waals surface area contributed by atoms with Crippen LogP contribution in [0, 0.1) is 0 Å². The molecule has 3 nitrogen and oxygen atoms in total. The number of benzene rings is 8. The third-order valence-corrected chi connectivity index (χ3v) is 18.5. The minimum absolute atomic E-state index is 0.0334. The van der Waals surface area contributed by atoms with E-state index in [4.69, 9.17) is 4.42 Å². The van der Waals surface area contributed by atoms with E-state index in [1.807, 2.05) is 11.3 Å². The van der Waals surface area contributed by atoms with Crippen molar-refractivity contribution in [1.82, 2.24) is 4.57 Å². The van der Waals surface area contributed by atoms with Gasteiger partial charge >= 0.3 is 6.85 Å². The lowest BCUT2D eigenvalue weighted by Crippen LogP contribution is -2.60. The summed E-state index contributed by atoms with van der Waals surface area (Å²) in [4.78, 5) is 2.73. The lowest BCUT2D eigenvalue weighted by atomic mass is 9.44. The highest BCUT2D eigenvalue weighted by atomic mass is 32.1. The molecule has 15 rings (SSSR count). The molecular weight excluding hydrogens is 844 g/mol. The predicted molar refractivity (Wildman–Crippen MR) is 292 cm³/mol. The Morgan fingerprint density at radius 3 is 2.01 bits per heavy atom. The van der Waals surface area contributed by atoms with Crippen LogP contribution in [0.25, 0.3) is 91.9 Å². The van der Waals surface area contributed by atoms with E-state index in [2.05, 4.69) is 205 Å².